The standard InChI is InChI=1S/C32H37N3O4S/c1-32(2,3)39-31(37)35-19-23(20-35)9-7-8-22-12-14-25(15-13-22)38-21-24-10-5-6-11-26(24)33-30(36)28-18-29-27(34(28)4)16-17-40-29/h5-6,10-18,23H,7-9,19-21H2,1-4H3,(H,33,36). The topological polar surface area (TPSA) is 72.8 Å². The zero-order valence-corrected chi connectivity index (χ0v) is 24.4. The minimum absolute atomic E-state index is 0.137. The highest BCUT2D eigenvalue weighted by molar-refractivity contribution is 7.17. The first-order valence-corrected chi connectivity index (χ1v) is 14.7. The number of hydrogen-bond donors (Lipinski definition) is 1. The van der Waals surface area contributed by atoms with Crippen LogP contribution in [0.3, 0.4) is 0 Å². The van der Waals surface area contributed by atoms with Crippen molar-refractivity contribution < 1.29 is 19.1 Å². The molecule has 2 amide bonds. The van der Waals surface area contributed by atoms with E-state index in [0.29, 0.717) is 18.2 Å². The molecule has 7 nitrogen and oxygen atoms in total. The van der Waals surface area contributed by atoms with Gasteiger partial charge in [-0.05, 0) is 87.2 Å². The number of amides is 2. The fourth-order valence-corrected chi connectivity index (χ4v) is 5.81. The summed E-state index contributed by atoms with van der Waals surface area (Å²) in [6.07, 6.45) is 2.97. The van der Waals surface area contributed by atoms with Crippen LogP contribution in [0.4, 0.5) is 10.5 Å². The average Bonchev–Trinajstić information content (AvgIpc) is 3.47. The number of benzene rings is 2. The zero-order chi connectivity index (χ0) is 28.3. The minimum atomic E-state index is -0.447. The molecule has 0 unspecified atom stereocenters. The number of thiophene rings is 1. The second-order valence-corrected chi connectivity index (χ2v) is 12.4. The second-order valence-electron chi connectivity index (χ2n) is 11.4. The summed E-state index contributed by atoms with van der Waals surface area (Å²) in [5, 5.41) is 5.09. The lowest BCUT2D eigenvalue weighted by Crippen LogP contribution is -2.51. The van der Waals surface area contributed by atoms with Gasteiger partial charge in [-0.25, -0.2) is 4.79 Å². The highest BCUT2D eigenvalue weighted by Gasteiger charge is 2.33. The molecule has 0 atom stereocenters. The summed E-state index contributed by atoms with van der Waals surface area (Å²) in [5.41, 5.74) is 4.17. The predicted molar refractivity (Wildman–Crippen MR) is 160 cm³/mol. The molecule has 0 saturated carbocycles. The summed E-state index contributed by atoms with van der Waals surface area (Å²) in [6.45, 7) is 7.61. The number of nitrogens with one attached hydrogen (secondary N) is 1. The molecule has 0 bridgehead atoms. The molecule has 1 fully saturated rings. The molecular weight excluding hydrogens is 522 g/mol. The number of fused-ring (bicyclic) bond motifs is 1. The summed E-state index contributed by atoms with van der Waals surface area (Å²) in [5.74, 6) is 1.20. The minimum Gasteiger partial charge on any atom is -0.489 e. The molecule has 40 heavy (non-hydrogen) atoms. The number of para-hydroxylation sites is 1. The highest BCUT2D eigenvalue weighted by Crippen LogP contribution is 2.27. The number of hydrogen-bond acceptors (Lipinski definition) is 5. The van der Waals surface area contributed by atoms with Crippen LogP contribution >= 0.6 is 11.3 Å². The summed E-state index contributed by atoms with van der Waals surface area (Å²) >= 11 is 1.63. The number of anilines is 1. The predicted octanol–water partition coefficient (Wildman–Crippen LogP) is 7.26. The van der Waals surface area contributed by atoms with Crippen molar-refractivity contribution in [1.82, 2.24) is 9.47 Å². The summed E-state index contributed by atoms with van der Waals surface area (Å²) < 4.78 is 14.5. The van der Waals surface area contributed by atoms with Crippen LogP contribution in [0.25, 0.3) is 10.2 Å². The number of carbonyl (C=O) groups is 2. The van der Waals surface area contributed by atoms with Gasteiger partial charge in [-0.15, -0.1) is 11.3 Å². The van der Waals surface area contributed by atoms with E-state index < -0.39 is 5.60 Å². The quantitative estimate of drug-likeness (QED) is 0.234. The number of likely N-dealkylation sites (tertiary alicyclic amines) is 1. The molecule has 210 valence electrons. The van der Waals surface area contributed by atoms with Gasteiger partial charge >= 0.3 is 6.09 Å². The number of carbonyl (C=O) groups excluding carboxylic acids is 2. The van der Waals surface area contributed by atoms with Crippen molar-refractivity contribution in [2.45, 2.75) is 52.2 Å². The lowest BCUT2D eigenvalue weighted by molar-refractivity contribution is -0.00234. The molecule has 4 aromatic rings. The maximum absolute atomic E-state index is 13.0. The van der Waals surface area contributed by atoms with Gasteiger partial charge in [-0.3, -0.25) is 4.79 Å². The van der Waals surface area contributed by atoms with Crippen molar-refractivity contribution in [3.8, 4) is 5.75 Å². The average molecular weight is 560 g/mol. The van der Waals surface area contributed by atoms with Crippen LogP contribution in [0.1, 0.15) is 55.2 Å². The largest absolute Gasteiger partial charge is 0.489 e. The Labute approximate surface area is 239 Å². The van der Waals surface area contributed by atoms with E-state index in [-0.39, 0.29) is 12.0 Å². The maximum atomic E-state index is 13.0. The number of aryl methyl sites for hydroxylation is 2. The monoisotopic (exact) mass is 559 g/mol. The number of nitrogens with zero attached hydrogens (tertiary/aromatic N) is 2. The Morgan fingerprint density at radius 1 is 1.05 bits per heavy atom. The molecule has 5 rings (SSSR count). The summed E-state index contributed by atoms with van der Waals surface area (Å²) in [7, 11) is 1.91. The third-order valence-electron chi connectivity index (χ3n) is 7.17. The Morgan fingerprint density at radius 2 is 1.80 bits per heavy atom. The van der Waals surface area contributed by atoms with E-state index in [4.69, 9.17) is 9.47 Å². The van der Waals surface area contributed by atoms with E-state index in [9.17, 15) is 9.59 Å². The van der Waals surface area contributed by atoms with Crippen LogP contribution in [-0.4, -0.2) is 40.2 Å². The Bertz CT molecular complexity index is 1480. The van der Waals surface area contributed by atoms with Crippen LogP contribution in [-0.2, 0) is 24.8 Å². The van der Waals surface area contributed by atoms with Gasteiger partial charge in [-0.2, -0.15) is 0 Å². The highest BCUT2D eigenvalue weighted by atomic mass is 32.1. The SMILES string of the molecule is Cn1c(C(=O)Nc2ccccc2COc2ccc(CCCC3CN(C(=O)OC(C)(C)C)C3)cc2)cc2sccc21. The number of ether oxygens (including phenoxy) is 2. The molecular formula is C32H37N3O4S. The zero-order valence-electron chi connectivity index (χ0n) is 23.6. The van der Waals surface area contributed by atoms with E-state index in [1.165, 1.54) is 5.56 Å². The van der Waals surface area contributed by atoms with Crippen molar-refractivity contribution in [1.29, 1.82) is 0 Å². The second kappa shape index (κ2) is 11.8. The molecule has 1 N–H and O–H groups in total. The van der Waals surface area contributed by atoms with Gasteiger partial charge < -0.3 is 24.3 Å². The molecule has 3 heterocycles. The van der Waals surface area contributed by atoms with Gasteiger partial charge in [0, 0.05) is 31.4 Å². The molecule has 0 spiro atoms. The lowest BCUT2D eigenvalue weighted by Gasteiger charge is -2.39. The van der Waals surface area contributed by atoms with Gasteiger partial charge in [0.1, 0.15) is 23.7 Å². The van der Waals surface area contributed by atoms with Crippen LogP contribution in [0.5, 0.6) is 5.75 Å². The smallest absolute Gasteiger partial charge is 0.410 e. The molecule has 0 radical (unpaired) electrons. The molecule has 1 aliphatic heterocycles. The van der Waals surface area contributed by atoms with E-state index in [1.807, 2.05) is 86.3 Å². The molecule has 8 heteroatoms. The first kappa shape index (κ1) is 27.8. The third kappa shape index (κ3) is 6.67. The van der Waals surface area contributed by atoms with Gasteiger partial charge in [0.05, 0.1) is 10.2 Å². The Balaban J connectivity index is 1.07. The molecule has 1 saturated heterocycles. The van der Waals surface area contributed by atoms with Crippen LogP contribution < -0.4 is 10.1 Å². The van der Waals surface area contributed by atoms with E-state index in [0.717, 1.165) is 59.6 Å². The molecule has 1 aliphatic rings. The fraction of sp³-hybridized carbons (Fsp3) is 0.375. The first-order chi connectivity index (χ1) is 19.2. The molecule has 2 aromatic carbocycles. The van der Waals surface area contributed by atoms with Gasteiger partial charge in [0.25, 0.3) is 5.91 Å². The normalized spacial score (nSPS) is 13.8. The van der Waals surface area contributed by atoms with Crippen LogP contribution in [0, 0.1) is 5.92 Å². The summed E-state index contributed by atoms with van der Waals surface area (Å²) in [6, 6.07) is 19.9. The number of aromatic nitrogens is 1. The van der Waals surface area contributed by atoms with Crippen molar-refractivity contribution in [2.75, 3.05) is 18.4 Å². The van der Waals surface area contributed by atoms with Gasteiger partial charge in [-0.1, -0.05) is 30.3 Å². The van der Waals surface area contributed by atoms with Crippen molar-refractivity contribution >= 4 is 39.2 Å². The molecule has 0 aliphatic carbocycles. The van der Waals surface area contributed by atoms with Crippen molar-refractivity contribution in [3.63, 3.8) is 0 Å². The molecule has 2 aromatic heterocycles. The lowest BCUT2D eigenvalue weighted by atomic mass is 9.93. The Morgan fingerprint density at radius 3 is 2.52 bits per heavy atom. The van der Waals surface area contributed by atoms with Crippen molar-refractivity contribution in [2.24, 2.45) is 13.0 Å². The van der Waals surface area contributed by atoms with E-state index in [2.05, 4.69) is 17.4 Å². The van der Waals surface area contributed by atoms with E-state index >= 15 is 0 Å². The van der Waals surface area contributed by atoms with Crippen LogP contribution in [0.2, 0.25) is 0 Å². The van der Waals surface area contributed by atoms with E-state index in [1.54, 1.807) is 16.2 Å². The van der Waals surface area contributed by atoms with Crippen molar-refractivity contribution in [3.05, 3.63) is 82.9 Å². The first-order valence-electron chi connectivity index (χ1n) is 13.8. The Kier molecular flexibility index (Phi) is 8.17. The number of rotatable bonds is 9. The van der Waals surface area contributed by atoms with Gasteiger partial charge in [0.15, 0.2) is 0 Å². The van der Waals surface area contributed by atoms with Crippen LogP contribution in [0.15, 0.2) is 66.0 Å². The summed E-state index contributed by atoms with van der Waals surface area (Å²) in [4.78, 5) is 26.9. The van der Waals surface area contributed by atoms with Gasteiger partial charge in [0.2, 0.25) is 0 Å². The maximum Gasteiger partial charge on any atom is 0.410 e. The third-order valence-corrected chi connectivity index (χ3v) is 8.02. The Hall–Kier alpha value is -3.78. The fourth-order valence-electron chi connectivity index (χ4n) is 4.96.